The molecule has 0 spiro atoms. The van der Waals surface area contributed by atoms with Gasteiger partial charge in [-0.1, -0.05) is 0 Å². The van der Waals surface area contributed by atoms with Crippen LogP contribution in [-0.4, -0.2) is 60.5 Å². The van der Waals surface area contributed by atoms with Gasteiger partial charge in [-0.05, 0) is 12.8 Å². The molecule has 0 bridgehead atoms. The van der Waals surface area contributed by atoms with Crippen molar-refractivity contribution in [3.63, 3.8) is 0 Å². The number of sulfonamides is 1. The molecule has 3 heterocycles. The van der Waals surface area contributed by atoms with Crippen molar-refractivity contribution in [1.82, 2.24) is 24.9 Å². The number of carbonyl (C=O) groups is 1. The Kier molecular flexibility index (Phi) is 4.46. The van der Waals surface area contributed by atoms with E-state index in [2.05, 4.69) is 20.6 Å². The molecule has 2 aliphatic heterocycles. The molecule has 1 amide bonds. The van der Waals surface area contributed by atoms with Gasteiger partial charge in [-0.25, -0.2) is 17.7 Å². The first-order valence-corrected chi connectivity index (χ1v) is 9.20. The van der Waals surface area contributed by atoms with E-state index in [1.54, 1.807) is 6.33 Å². The van der Waals surface area contributed by atoms with Crippen LogP contribution in [0.4, 0.5) is 0 Å². The van der Waals surface area contributed by atoms with Gasteiger partial charge in [0.2, 0.25) is 15.9 Å². The van der Waals surface area contributed by atoms with Gasteiger partial charge < -0.3 is 15.6 Å². The smallest absolute Gasteiger partial charge is 0.243 e. The number of H-pyrrole nitrogens is 1. The molecule has 1 aromatic rings. The zero-order chi connectivity index (χ0) is 15.6. The molecule has 1 atom stereocenters. The zero-order valence-electron chi connectivity index (χ0n) is 12.3. The van der Waals surface area contributed by atoms with Gasteiger partial charge in [0.1, 0.15) is 6.04 Å². The Morgan fingerprint density at radius 2 is 2.18 bits per heavy atom. The Hall–Kier alpha value is -1.45. The Morgan fingerprint density at radius 3 is 2.95 bits per heavy atom. The van der Waals surface area contributed by atoms with E-state index in [1.165, 1.54) is 4.31 Å². The number of nitrogens with zero attached hydrogens (tertiary/aromatic N) is 2. The summed E-state index contributed by atoms with van der Waals surface area (Å²) < 4.78 is 25.7. The molecule has 2 aliphatic rings. The lowest BCUT2D eigenvalue weighted by Crippen LogP contribution is -2.43. The summed E-state index contributed by atoms with van der Waals surface area (Å²) in [6, 6.07) is -0.510. The van der Waals surface area contributed by atoms with Crippen LogP contribution in [-0.2, 0) is 21.2 Å². The molecule has 1 fully saturated rings. The molecule has 3 N–H and O–H groups in total. The second-order valence-electron chi connectivity index (χ2n) is 5.62. The highest BCUT2D eigenvalue weighted by molar-refractivity contribution is 7.89. The predicted octanol–water partition coefficient (Wildman–Crippen LogP) is -0.862. The molecule has 1 aromatic heterocycles. The third-order valence-corrected chi connectivity index (χ3v) is 6.00. The van der Waals surface area contributed by atoms with E-state index >= 15 is 0 Å². The van der Waals surface area contributed by atoms with Crippen molar-refractivity contribution in [3.05, 3.63) is 17.7 Å². The van der Waals surface area contributed by atoms with Crippen LogP contribution in [0.3, 0.4) is 0 Å². The lowest BCUT2D eigenvalue weighted by atomic mass is 10.1. The largest absolute Gasteiger partial charge is 0.353 e. The molecule has 22 heavy (non-hydrogen) atoms. The fourth-order valence-corrected chi connectivity index (χ4v) is 4.37. The van der Waals surface area contributed by atoms with E-state index in [0.717, 1.165) is 25.0 Å². The maximum atomic E-state index is 12.2. The molecule has 122 valence electrons. The minimum absolute atomic E-state index is 0.0567. The SMILES string of the molecule is O=C(NCCS(=O)(=O)N1CCCC1)[C@@H]1NCCc2[nH]cnc21. The number of carbonyl (C=O) groups excluding carboxylic acids is 1. The molecule has 0 aliphatic carbocycles. The Morgan fingerprint density at radius 1 is 1.41 bits per heavy atom. The fourth-order valence-electron chi connectivity index (χ4n) is 2.94. The first-order valence-electron chi connectivity index (χ1n) is 7.59. The summed E-state index contributed by atoms with van der Waals surface area (Å²) in [4.78, 5) is 19.4. The first kappa shape index (κ1) is 15.4. The third-order valence-electron chi connectivity index (χ3n) is 4.13. The monoisotopic (exact) mass is 327 g/mol. The average molecular weight is 327 g/mol. The summed E-state index contributed by atoms with van der Waals surface area (Å²) in [6.07, 6.45) is 4.22. The van der Waals surface area contributed by atoms with Crippen LogP contribution in [0.5, 0.6) is 0 Å². The molecular weight excluding hydrogens is 306 g/mol. The normalized spacial score (nSPS) is 22.5. The lowest BCUT2D eigenvalue weighted by molar-refractivity contribution is -0.123. The van der Waals surface area contributed by atoms with Gasteiger partial charge in [-0.15, -0.1) is 0 Å². The van der Waals surface area contributed by atoms with Gasteiger partial charge in [0.25, 0.3) is 0 Å². The standard InChI is InChI=1S/C13H21N5O3S/c19-13(12-11-10(3-4-14-12)16-9-17-11)15-5-8-22(20,21)18-6-1-2-7-18/h9,12,14H,1-8H2,(H,15,19)(H,16,17)/t12-/m1/s1. The van der Waals surface area contributed by atoms with Crippen molar-refractivity contribution in [1.29, 1.82) is 0 Å². The van der Waals surface area contributed by atoms with Crippen LogP contribution in [0, 0.1) is 0 Å². The van der Waals surface area contributed by atoms with Gasteiger partial charge in [0, 0.05) is 38.3 Å². The summed E-state index contributed by atoms with van der Waals surface area (Å²) in [5, 5.41) is 5.81. The van der Waals surface area contributed by atoms with E-state index in [0.29, 0.717) is 25.3 Å². The van der Waals surface area contributed by atoms with E-state index in [-0.39, 0.29) is 18.2 Å². The molecule has 1 saturated heterocycles. The van der Waals surface area contributed by atoms with E-state index in [4.69, 9.17) is 0 Å². The molecule has 0 saturated carbocycles. The van der Waals surface area contributed by atoms with Gasteiger partial charge in [0.05, 0.1) is 17.8 Å². The highest BCUT2D eigenvalue weighted by Gasteiger charge is 2.29. The van der Waals surface area contributed by atoms with E-state index in [1.807, 2.05) is 0 Å². The van der Waals surface area contributed by atoms with Crippen LogP contribution in [0.25, 0.3) is 0 Å². The number of nitrogens with one attached hydrogen (secondary N) is 3. The number of hydrogen-bond acceptors (Lipinski definition) is 5. The van der Waals surface area contributed by atoms with Crippen molar-refractivity contribution >= 4 is 15.9 Å². The molecule has 0 aromatic carbocycles. The quantitative estimate of drug-likeness (QED) is 0.652. The van der Waals surface area contributed by atoms with Crippen LogP contribution in [0.15, 0.2) is 6.33 Å². The Balaban J connectivity index is 1.53. The van der Waals surface area contributed by atoms with Gasteiger partial charge >= 0.3 is 0 Å². The van der Waals surface area contributed by atoms with Gasteiger partial charge in [-0.3, -0.25) is 4.79 Å². The molecule has 3 rings (SSSR count). The van der Waals surface area contributed by atoms with Gasteiger partial charge in [-0.2, -0.15) is 0 Å². The summed E-state index contributed by atoms with van der Waals surface area (Å²) in [5.41, 5.74) is 1.66. The van der Waals surface area contributed by atoms with Crippen molar-refractivity contribution in [2.45, 2.75) is 25.3 Å². The van der Waals surface area contributed by atoms with Crippen LogP contribution in [0.1, 0.15) is 30.3 Å². The minimum Gasteiger partial charge on any atom is -0.353 e. The van der Waals surface area contributed by atoms with Crippen LogP contribution < -0.4 is 10.6 Å². The molecule has 8 nitrogen and oxygen atoms in total. The predicted molar refractivity (Wildman–Crippen MR) is 80.6 cm³/mol. The van der Waals surface area contributed by atoms with Crippen molar-refractivity contribution in [2.75, 3.05) is 31.9 Å². The second kappa shape index (κ2) is 6.35. The highest BCUT2D eigenvalue weighted by atomic mass is 32.2. The number of rotatable bonds is 5. The summed E-state index contributed by atoms with van der Waals surface area (Å²) >= 11 is 0. The molecule has 0 unspecified atom stereocenters. The van der Waals surface area contributed by atoms with Crippen molar-refractivity contribution in [2.24, 2.45) is 0 Å². The number of amides is 1. The maximum Gasteiger partial charge on any atom is 0.243 e. The zero-order valence-corrected chi connectivity index (χ0v) is 13.2. The summed E-state index contributed by atoms with van der Waals surface area (Å²) in [6.45, 7) is 2.00. The van der Waals surface area contributed by atoms with E-state index < -0.39 is 16.1 Å². The molecule has 0 radical (unpaired) electrons. The topological polar surface area (TPSA) is 107 Å². The number of aromatic amines is 1. The van der Waals surface area contributed by atoms with Crippen molar-refractivity contribution < 1.29 is 13.2 Å². The third kappa shape index (κ3) is 3.16. The Labute approximate surface area is 129 Å². The number of imidazole rings is 1. The highest BCUT2D eigenvalue weighted by Crippen LogP contribution is 2.19. The van der Waals surface area contributed by atoms with E-state index in [9.17, 15) is 13.2 Å². The Bertz CT molecular complexity index is 636. The number of aromatic nitrogens is 2. The lowest BCUT2D eigenvalue weighted by Gasteiger charge is -2.22. The molecular formula is C13H21N5O3S. The van der Waals surface area contributed by atoms with Crippen LogP contribution >= 0.6 is 0 Å². The summed E-state index contributed by atoms with van der Waals surface area (Å²) in [7, 11) is -3.26. The van der Waals surface area contributed by atoms with Crippen LogP contribution in [0.2, 0.25) is 0 Å². The fraction of sp³-hybridized carbons (Fsp3) is 0.692. The average Bonchev–Trinajstić information content (AvgIpc) is 3.17. The second-order valence-corrected chi connectivity index (χ2v) is 7.71. The number of hydrogen-bond donors (Lipinski definition) is 3. The maximum absolute atomic E-state index is 12.2. The summed E-state index contributed by atoms with van der Waals surface area (Å²) in [5.74, 6) is -0.288. The van der Waals surface area contributed by atoms with Gasteiger partial charge in [0.15, 0.2) is 0 Å². The molecule has 9 heteroatoms. The number of fused-ring (bicyclic) bond motifs is 1. The van der Waals surface area contributed by atoms with Crippen molar-refractivity contribution in [3.8, 4) is 0 Å². The first-order chi connectivity index (χ1) is 10.6. The minimum atomic E-state index is -3.26.